The third-order valence-corrected chi connectivity index (χ3v) is 7.06. The summed E-state index contributed by atoms with van der Waals surface area (Å²) in [5.41, 5.74) is 4.86. The van der Waals surface area contributed by atoms with Crippen LogP contribution in [0.25, 0.3) is 11.3 Å². The van der Waals surface area contributed by atoms with Crippen molar-refractivity contribution in [2.75, 3.05) is 19.5 Å². The Balaban J connectivity index is 1.70. The standard InChI is InChI=1S/C26H23Cl2N3O4S/c1-13-21(24(32)34-3)23(22(14(2)29-13)25(33)35-4)15-6-5-7-17(10-15)30-26-31-20(12-36-26)18-9-8-16(27)11-19(18)28/h5-12,23,29H,1-4H3,(H,30,31). The minimum atomic E-state index is -0.673. The highest BCUT2D eigenvalue weighted by Crippen LogP contribution is 2.40. The van der Waals surface area contributed by atoms with Crippen LogP contribution in [-0.2, 0) is 19.1 Å². The van der Waals surface area contributed by atoms with E-state index in [9.17, 15) is 9.59 Å². The molecule has 2 heterocycles. The molecule has 1 aliphatic rings. The molecule has 1 aromatic heterocycles. The first-order valence-electron chi connectivity index (χ1n) is 10.9. The zero-order valence-electron chi connectivity index (χ0n) is 19.9. The van der Waals surface area contributed by atoms with Crippen LogP contribution in [0.1, 0.15) is 25.3 Å². The van der Waals surface area contributed by atoms with E-state index in [0.717, 1.165) is 22.5 Å². The Labute approximate surface area is 222 Å². The van der Waals surface area contributed by atoms with Crippen molar-refractivity contribution in [2.45, 2.75) is 19.8 Å². The molecule has 2 N–H and O–H groups in total. The van der Waals surface area contributed by atoms with Gasteiger partial charge in [-0.3, -0.25) is 0 Å². The molecular weight excluding hydrogens is 521 g/mol. The summed E-state index contributed by atoms with van der Waals surface area (Å²) in [6.45, 7) is 3.55. The van der Waals surface area contributed by atoms with Crippen LogP contribution in [0, 0.1) is 0 Å². The summed E-state index contributed by atoms with van der Waals surface area (Å²) >= 11 is 13.8. The van der Waals surface area contributed by atoms with Gasteiger partial charge in [0.05, 0.1) is 42.0 Å². The first kappa shape index (κ1) is 25.8. The Morgan fingerprint density at radius 2 is 1.67 bits per heavy atom. The molecule has 4 rings (SSSR count). The molecular formula is C26H23Cl2N3O4S. The zero-order valence-corrected chi connectivity index (χ0v) is 22.3. The van der Waals surface area contributed by atoms with Crippen molar-refractivity contribution in [1.29, 1.82) is 0 Å². The number of dihydropyridines is 1. The number of thiazole rings is 1. The van der Waals surface area contributed by atoms with Crippen molar-refractivity contribution in [3.8, 4) is 11.3 Å². The van der Waals surface area contributed by atoms with Gasteiger partial charge in [-0.05, 0) is 49.7 Å². The monoisotopic (exact) mass is 543 g/mol. The third kappa shape index (κ3) is 5.11. The molecule has 2 aromatic carbocycles. The van der Waals surface area contributed by atoms with Crippen LogP contribution >= 0.6 is 34.5 Å². The average molecular weight is 544 g/mol. The summed E-state index contributed by atoms with van der Waals surface area (Å²) in [6, 6.07) is 12.7. The van der Waals surface area contributed by atoms with Gasteiger partial charge < -0.3 is 20.1 Å². The second-order valence-electron chi connectivity index (χ2n) is 8.03. The van der Waals surface area contributed by atoms with E-state index in [1.54, 1.807) is 26.0 Å². The Hall–Kier alpha value is -3.33. The fourth-order valence-corrected chi connectivity index (χ4v) is 5.40. The maximum Gasteiger partial charge on any atom is 0.336 e. The number of methoxy groups -OCH3 is 2. The van der Waals surface area contributed by atoms with E-state index in [4.69, 9.17) is 32.7 Å². The molecule has 0 spiro atoms. The van der Waals surface area contributed by atoms with Gasteiger partial charge in [0.1, 0.15) is 0 Å². The number of rotatable bonds is 6. The van der Waals surface area contributed by atoms with E-state index in [0.29, 0.717) is 37.7 Å². The number of nitrogens with zero attached hydrogens (tertiary/aromatic N) is 1. The van der Waals surface area contributed by atoms with Gasteiger partial charge in [0, 0.05) is 33.0 Å². The lowest BCUT2D eigenvalue weighted by Gasteiger charge is -2.30. The summed E-state index contributed by atoms with van der Waals surface area (Å²) in [6.07, 6.45) is 0. The molecule has 36 heavy (non-hydrogen) atoms. The van der Waals surface area contributed by atoms with Crippen LogP contribution < -0.4 is 10.6 Å². The van der Waals surface area contributed by atoms with Crippen LogP contribution in [0.4, 0.5) is 10.8 Å². The lowest BCUT2D eigenvalue weighted by atomic mass is 9.80. The van der Waals surface area contributed by atoms with Crippen LogP contribution in [0.5, 0.6) is 0 Å². The second-order valence-corrected chi connectivity index (χ2v) is 9.73. The predicted octanol–water partition coefficient (Wildman–Crippen LogP) is 6.44. The molecule has 186 valence electrons. The zero-order chi connectivity index (χ0) is 26.0. The number of benzene rings is 2. The predicted molar refractivity (Wildman–Crippen MR) is 143 cm³/mol. The summed E-state index contributed by atoms with van der Waals surface area (Å²) in [4.78, 5) is 30.1. The normalized spacial score (nSPS) is 13.9. The number of nitrogens with one attached hydrogen (secondary N) is 2. The molecule has 0 fully saturated rings. The number of ether oxygens (including phenoxy) is 2. The summed E-state index contributed by atoms with van der Waals surface area (Å²) in [7, 11) is 2.63. The highest BCUT2D eigenvalue weighted by molar-refractivity contribution is 7.14. The molecule has 10 heteroatoms. The third-order valence-electron chi connectivity index (χ3n) is 5.75. The van der Waals surface area contributed by atoms with Gasteiger partial charge in [-0.2, -0.15) is 0 Å². The number of hydrogen-bond acceptors (Lipinski definition) is 8. The van der Waals surface area contributed by atoms with Crippen molar-refractivity contribution < 1.29 is 19.1 Å². The molecule has 7 nitrogen and oxygen atoms in total. The fourth-order valence-electron chi connectivity index (χ4n) is 4.16. The number of aromatic nitrogens is 1. The number of anilines is 2. The second kappa shape index (κ2) is 10.7. The van der Waals surface area contributed by atoms with Gasteiger partial charge >= 0.3 is 11.9 Å². The molecule has 0 radical (unpaired) electrons. The van der Waals surface area contributed by atoms with Gasteiger partial charge in [-0.25, -0.2) is 14.6 Å². The highest BCUT2D eigenvalue weighted by atomic mass is 35.5. The van der Waals surface area contributed by atoms with Crippen molar-refractivity contribution in [2.24, 2.45) is 0 Å². The smallest absolute Gasteiger partial charge is 0.336 e. The van der Waals surface area contributed by atoms with Gasteiger partial charge in [0.2, 0.25) is 0 Å². The van der Waals surface area contributed by atoms with E-state index < -0.39 is 17.9 Å². The molecule has 0 aliphatic carbocycles. The largest absolute Gasteiger partial charge is 0.466 e. The molecule has 0 saturated carbocycles. The highest BCUT2D eigenvalue weighted by Gasteiger charge is 2.37. The Kier molecular flexibility index (Phi) is 7.68. The quantitative estimate of drug-likeness (QED) is 0.345. The number of esters is 2. The molecule has 0 bridgehead atoms. The lowest BCUT2D eigenvalue weighted by molar-refractivity contribution is -0.137. The van der Waals surface area contributed by atoms with Gasteiger partial charge in [0.15, 0.2) is 5.13 Å². The number of carbonyl (C=O) groups excluding carboxylic acids is 2. The summed E-state index contributed by atoms with van der Waals surface area (Å²) < 4.78 is 10.1. The number of carbonyl (C=O) groups is 2. The number of allylic oxidation sites excluding steroid dienone is 2. The fraction of sp³-hybridized carbons (Fsp3) is 0.192. The van der Waals surface area contributed by atoms with E-state index in [1.165, 1.54) is 25.6 Å². The maximum atomic E-state index is 12.7. The topological polar surface area (TPSA) is 89.5 Å². The van der Waals surface area contributed by atoms with E-state index in [-0.39, 0.29) is 0 Å². The van der Waals surface area contributed by atoms with Crippen molar-refractivity contribution >= 4 is 57.3 Å². The minimum Gasteiger partial charge on any atom is -0.466 e. The maximum absolute atomic E-state index is 12.7. The first-order valence-corrected chi connectivity index (χ1v) is 12.5. The summed E-state index contributed by atoms with van der Waals surface area (Å²) in [5, 5.41) is 10.0. The molecule has 0 amide bonds. The van der Waals surface area contributed by atoms with Gasteiger partial charge in [-0.15, -0.1) is 11.3 Å². The Bertz CT molecular complexity index is 1380. The SMILES string of the molecule is COC(=O)C1=C(C)NC(C)=C(C(=O)OC)C1c1cccc(Nc2nc(-c3ccc(Cl)cc3Cl)cs2)c1. The minimum absolute atomic E-state index is 0.342. The van der Waals surface area contributed by atoms with Crippen molar-refractivity contribution in [1.82, 2.24) is 10.3 Å². The van der Waals surface area contributed by atoms with Crippen LogP contribution in [0.3, 0.4) is 0 Å². The Morgan fingerprint density at radius 3 is 2.28 bits per heavy atom. The van der Waals surface area contributed by atoms with Gasteiger partial charge in [0.25, 0.3) is 0 Å². The van der Waals surface area contributed by atoms with E-state index in [2.05, 4.69) is 15.6 Å². The van der Waals surface area contributed by atoms with Gasteiger partial charge in [-0.1, -0.05) is 35.3 Å². The molecule has 3 aromatic rings. The van der Waals surface area contributed by atoms with Crippen LogP contribution in [-0.4, -0.2) is 31.1 Å². The van der Waals surface area contributed by atoms with Crippen LogP contribution in [0.2, 0.25) is 10.0 Å². The molecule has 0 unspecified atom stereocenters. The average Bonchev–Trinajstić information content (AvgIpc) is 3.30. The van der Waals surface area contributed by atoms with Crippen molar-refractivity contribution in [3.63, 3.8) is 0 Å². The number of halogens is 2. The molecule has 1 aliphatic heterocycles. The first-order chi connectivity index (χ1) is 17.2. The van der Waals surface area contributed by atoms with Crippen LogP contribution in [0.15, 0.2) is 70.4 Å². The molecule has 0 atom stereocenters. The van der Waals surface area contributed by atoms with E-state index in [1.807, 2.05) is 35.7 Å². The lowest BCUT2D eigenvalue weighted by Crippen LogP contribution is -2.32. The Morgan fingerprint density at radius 1 is 1.00 bits per heavy atom. The number of hydrogen-bond donors (Lipinski definition) is 2. The summed E-state index contributed by atoms with van der Waals surface area (Å²) in [5.74, 6) is -1.73. The van der Waals surface area contributed by atoms with Crippen molar-refractivity contribution in [3.05, 3.63) is 86.0 Å². The molecule has 0 saturated heterocycles. The van der Waals surface area contributed by atoms with E-state index >= 15 is 0 Å².